The molecule has 0 N–H and O–H groups in total. The average molecular weight is 216 g/mol. The zero-order chi connectivity index (χ0) is 11.4. The third kappa shape index (κ3) is 2.64. The Balaban J connectivity index is 2.04. The van der Waals surface area contributed by atoms with E-state index in [9.17, 15) is 0 Å². The van der Waals surface area contributed by atoms with Crippen molar-refractivity contribution in [2.24, 2.45) is 0 Å². The van der Waals surface area contributed by atoms with E-state index in [1.165, 1.54) is 11.3 Å². The van der Waals surface area contributed by atoms with Crippen LogP contribution in [0.3, 0.4) is 0 Å². The van der Waals surface area contributed by atoms with Crippen molar-refractivity contribution >= 4 is 11.8 Å². The fourth-order valence-corrected chi connectivity index (χ4v) is 2.05. The molecule has 0 unspecified atom stereocenters. The maximum absolute atomic E-state index is 2.46. The number of benzene rings is 1. The van der Waals surface area contributed by atoms with Crippen molar-refractivity contribution in [3.05, 3.63) is 35.9 Å². The van der Waals surface area contributed by atoms with E-state index >= 15 is 0 Å². The largest absolute Gasteiger partial charge is 0.369 e. The molecular weight excluding hydrogens is 196 g/mol. The van der Waals surface area contributed by atoms with Crippen LogP contribution in [0.4, 0.5) is 5.69 Å². The van der Waals surface area contributed by atoms with Gasteiger partial charge in [0.2, 0.25) is 0 Å². The van der Waals surface area contributed by atoms with Crippen molar-refractivity contribution in [1.82, 2.24) is 4.90 Å². The van der Waals surface area contributed by atoms with Crippen LogP contribution in [0.25, 0.3) is 6.08 Å². The number of nitrogens with zero attached hydrogens (tertiary/aromatic N) is 2. The molecule has 1 aliphatic heterocycles. The number of anilines is 1. The molecule has 1 saturated heterocycles. The van der Waals surface area contributed by atoms with E-state index in [4.69, 9.17) is 0 Å². The third-order valence-electron chi connectivity index (χ3n) is 3.12. The van der Waals surface area contributed by atoms with Crippen LogP contribution in [0.5, 0.6) is 0 Å². The number of rotatable bonds is 2. The fourth-order valence-electron chi connectivity index (χ4n) is 2.05. The third-order valence-corrected chi connectivity index (χ3v) is 3.12. The van der Waals surface area contributed by atoms with Crippen LogP contribution >= 0.6 is 0 Å². The van der Waals surface area contributed by atoms with E-state index in [2.05, 4.69) is 53.3 Å². The zero-order valence-electron chi connectivity index (χ0n) is 10.2. The normalized spacial score (nSPS) is 18.2. The second-order valence-electron chi connectivity index (χ2n) is 4.38. The first-order valence-electron chi connectivity index (χ1n) is 5.96. The molecule has 0 aromatic heterocycles. The lowest BCUT2D eigenvalue weighted by Crippen LogP contribution is -2.44. The van der Waals surface area contributed by atoms with Gasteiger partial charge in [-0.05, 0) is 31.7 Å². The number of likely N-dealkylation sites (N-methyl/N-ethyl adjacent to an activating group) is 1. The van der Waals surface area contributed by atoms with Gasteiger partial charge in [0.25, 0.3) is 0 Å². The maximum Gasteiger partial charge on any atom is 0.0367 e. The van der Waals surface area contributed by atoms with Gasteiger partial charge in [-0.3, -0.25) is 0 Å². The van der Waals surface area contributed by atoms with Gasteiger partial charge >= 0.3 is 0 Å². The zero-order valence-corrected chi connectivity index (χ0v) is 10.2. The van der Waals surface area contributed by atoms with Gasteiger partial charge in [-0.1, -0.05) is 24.3 Å². The summed E-state index contributed by atoms with van der Waals surface area (Å²) in [6.45, 7) is 6.65. The van der Waals surface area contributed by atoms with Crippen molar-refractivity contribution in [2.45, 2.75) is 6.92 Å². The van der Waals surface area contributed by atoms with Crippen molar-refractivity contribution in [1.29, 1.82) is 0 Å². The molecule has 0 atom stereocenters. The molecule has 16 heavy (non-hydrogen) atoms. The molecular formula is C14H20N2. The highest BCUT2D eigenvalue weighted by Crippen LogP contribution is 2.17. The van der Waals surface area contributed by atoms with Crippen molar-refractivity contribution < 1.29 is 0 Å². The van der Waals surface area contributed by atoms with Crippen LogP contribution in [-0.4, -0.2) is 38.1 Å². The summed E-state index contributed by atoms with van der Waals surface area (Å²) in [6.07, 6.45) is 4.21. The molecule has 0 bridgehead atoms. The molecule has 0 saturated carbocycles. The molecule has 86 valence electrons. The Morgan fingerprint density at radius 3 is 2.19 bits per heavy atom. The topological polar surface area (TPSA) is 6.48 Å². The summed E-state index contributed by atoms with van der Waals surface area (Å²) in [7, 11) is 2.19. The fraction of sp³-hybridized carbons (Fsp3) is 0.429. The summed E-state index contributed by atoms with van der Waals surface area (Å²) in [6, 6.07) is 8.82. The number of hydrogen-bond acceptors (Lipinski definition) is 2. The van der Waals surface area contributed by atoms with Crippen LogP contribution < -0.4 is 4.90 Å². The Morgan fingerprint density at radius 2 is 1.62 bits per heavy atom. The second kappa shape index (κ2) is 5.17. The highest BCUT2D eigenvalue weighted by molar-refractivity contribution is 5.55. The molecule has 1 aromatic rings. The van der Waals surface area contributed by atoms with Gasteiger partial charge in [0.05, 0.1) is 0 Å². The second-order valence-corrected chi connectivity index (χ2v) is 4.38. The lowest BCUT2D eigenvalue weighted by atomic mass is 10.1. The lowest BCUT2D eigenvalue weighted by Gasteiger charge is -2.34. The summed E-state index contributed by atoms with van der Waals surface area (Å²) in [5.74, 6) is 0. The summed E-state index contributed by atoms with van der Waals surface area (Å²) in [5.41, 5.74) is 2.63. The van der Waals surface area contributed by atoms with Gasteiger partial charge in [0.1, 0.15) is 0 Å². The molecule has 1 fully saturated rings. The van der Waals surface area contributed by atoms with Crippen molar-refractivity contribution in [2.75, 3.05) is 38.1 Å². The first-order chi connectivity index (χ1) is 7.79. The van der Waals surface area contributed by atoms with Crippen LogP contribution in [0.2, 0.25) is 0 Å². The van der Waals surface area contributed by atoms with Gasteiger partial charge < -0.3 is 9.80 Å². The van der Waals surface area contributed by atoms with E-state index in [0.29, 0.717) is 0 Å². The Labute approximate surface area is 98.2 Å². The van der Waals surface area contributed by atoms with Crippen molar-refractivity contribution in [3.8, 4) is 0 Å². The minimum atomic E-state index is 1.14. The minimum absolute atomic E-state index is 1.14. The summed E-state index contributed by atoms with van der Waals surface area (Å²) < 4.78 is 0. The van der Waals surface area contributed by atoms with Gasteiger partial charge in [0, 0.05) is 31.9 Å². The average Bonchev–Trinajstić information content (AvgIpc) is 2.32. The first kappa shape index (κ1) is 11.2. The quantitative estimate of drug-likeness (QED) is 0.749. The smallest absolute Gasteiger partial charge is 0.0367 e. The van der Waals surface area contributed by atoms with Gasteiger partial charge in [-0.15, -0.1) is 0 Å². The lowest BCUT2D eigenvalue weighted by molar-refractivity contribution is 0.313. The summed E-state index contributed by atoms with van der Waals surface area (Å²) in [4.78, 5) is 4.84. The van der Waals surface area contributed by atoms with Gasteiger partial charge in [-0.2, -0.15) is 0 Å². The highest BCUT2D eigenvalue weighted by atomic mass is 15.2. The number of allylic oxidation sites excluding steroid dienone is 1. The number of hydrogen-bond donors (Lipinski definition) is 0. The molecule has 2 rings (SSSR count). The van der Waals surface area contributed by atoms with Gasteiger partial charge in [-0.25, -0.2) is 0 Å². The molecule has 1 aliphatic rings. The van der Waals surface area contributed by atoms with E-state index < -0.39 is 0 Å². The molecule has 1 aromatic carbocycles. The minimum Gasteiger partial charge on any atom is -0.369 e. The summed E-state index contributed by atoms with van der Waals surface area (Å²) in [5, 5.41) is 0. The molecule has 1 heterocycles. The molecule has 0 radical (unpaired) electrons. The summed E-state index contributed by atoms with van der Waals surface area (Å²) >= 11 is 0. The van der Waals surface area contributed by atoms with Gasteiger partial charge in [0.15, 0.2) is 0 Å². The van der Waals surface area contributed by atoms with E-state index in [0.717, 1.165) is 26.2 Å². The van der Waals surface area contributed by atoms with Crippen LogP contribution in [0.1, 0.15) is 12.5 Å². The Kier molecular flexibility index (Phi) is 3.62. The van der Waals surface area contributed by atoms with Crippen LogP contribution in [0, 0.1) is 0 Å². The van der Waals surface area contributed by atoms with Crippen LogP contribution in [-0.2, 0) is 0 Å². The van der Waals surface area contributed by atoms with E-state index in [1.54, 1.807) is 0 Å². The standard InChI is InChI=1S/C14H20N2/c1-3-4-13-5-7-14(8-6-13)16-11-9-15(2)10-12-16/h3-8H,9-12H2,1-2H3/b4-3+. The van der Waals surface area contributed by atoms with E-state index in [1.807, 2.05) is 6.92 Å². The Bertz CT molecular complexity index is 346. The maximum atomic E-state index is 2.46. The first-order valence-corrected chi connectivity index (χ1v) is 5.96. The molecule has 2 nitrogen and oxygen atoms in total. The molecule has 0 spiro atoms. The van der Waals surface area contributed by atoms with Crippen LogP contribution in [0.15, 0.2) is 30.3 Å². The monoisotopic (exact) mass is 216 g/mol. The number of piperazine rings is 1. The predicted molar refractivity (Wildman–Crippen MR) is 70.9 cm³/mol. The predicted octanol–water partition coefficient (Wildman–Crippen LogP) is 2.47. The highest BCUT2D eigenvalue weighted by Gasteiger charge is 2.13. The molecule has 0 amide bonds. The van der Waals surface area contributed by atoms with E-state index in [-0.39, 0.29) is 0 Å². The Morgan fingerprint density at radius 1 is 1.00 bits per heavy atom. The Hall–Kier alpha value is -1.28. The SMILES string of the molecule is C/C=C/c1ccc(N2CCN(C)CC2)cc1. The molecule has 2 heteroatoms. The van der Waals surface area contributed by atoms with Crippen molar-refractivity contribution in [3.63, 3.8) is 0 Å². The molecule has 0 aliphatic carbocycles.